The molecule has 0 radical (unpaired) electrons. The van der Waals surface area contributed by atoms with Crippen molar-refractivity contribution in [2.75, 3.05) is 0 Å². The summed E-state index contributed by atoms with van der Waals surface area (Å²) in [5, 5.41) is 12.8. The molecule has 4 rings (SSSR count). The van der Waals surface area contributed by atoms with Crippen LogP contribution in [0.4, 0.5) is 0 Å². The molecule has 0 aliphatic rings. The van der Waals surface area contributed by atoms with Gasteiger partial charge in [-0.25, -0.2) is 0 Å². The normalized spacial score (nSPS) is 10.8. The summed E-state index contributed by atoms with van der Waals surface area (Å²) in [6.45, 7) is 2.04. The molecule has 0 amide bonds. The predicted molar refractivity (Wildman–Crippen MR) is 94.1 cm³/mol. The quantitative estimate of drug-likeness (QED) is 0.503. The Labute approximate surface area is 138 Å². The third-order valence-corrected chi connectivity index (χ3v) is 4.49. The van der Waals surface area contributed by atoms with Crippen LogP contribution >= 0.6 is 11.3 Å². The number of hydrogen-bond acceptors (Lipinski definition) is 4. The zero-order valence-corrected chi connectivity index (χ0v) is 13.4. The van der Waals surface area contributed by atoms with Crippen molar-refractivity contribution in [2.45, 2.75) is 6.92 Å². The Morgan fingerprint density at radius 2 is 1.74 bits per heavy atom. The van der Waals surface area contributed by atoms with E-state index in [0.717, 1.165) is 32.7 Å². The second-order valence-electron chi connectivity index (χ2n) is 5.30. The average Bonchev–Trinajstić information content (AvgIpc) is 3.09. The molecule has 0 atom stereocenters. The van der Waals surface area contributed by atoms with Gasteiger partial charge in [0.05, 0.1) is 4.88 Å². The van der Waals surface area contributed by atoms with Gasteiger partial charge in [0, 0.05) is 10.8 Å². The van der Waals surface area contributed by atoms with Gasteiger partial charge in [-0.1, -0.05) is 36.4 Å². The Balaban J connectivity index is 1.84. The molecule has 0 aliphatic carbocycles. The lowest BCUT2D eigenvalue weighted by molar-refractivity contribution is 0.462. The van der Waals surface area contributed by atoms with Crippen LogP contribution in [-0.2, 0) is 0 Å². The highest BCUT2D eigenvalue weighted by molar-refractivity contribution is 7.13. The molecular weight excluding hydrogens is 304 g/mol. The molecule has 4 aromatic rings. The number of nitrogens with zero attached hydrogens (tertiary/aromatic N) is 2. The molecule has 0 spiro atoms. The second kappa shape index (κ2) is 5.82. The molecule has 0 aliphatic heterocycles. The van der Waals surface area contributed by atoms with E-state index in [4.69, 9.17) is 4.74 Å². The van der Waals surface area contributed by atoms with Crippen molar-refractivity contribution in [1.29, 1.82) is 0 Å². The minimum absolute atomic E-state index is 0.534. The number of aryl methyl sites for hydroxylation is 1. The lowest BCUT2D eigenvalue weighted by atomic mass is 10.1. The van der Waals surface area contributed by atoms with Gasteiger partial charge in [-0.05, 0) is 42.1 Å². The minimum Gasteiger partial charge on any atom is -0.437 e. The summed E-state index contributed by atoms with van der Waals surface area (Å²) in [5.74, 6) is 1.31. The van der Waals surface area contributed by atoms with Crippen molar-refractivity contribution < 1.29 is 4.74 Å². The van der Waals surface area contributed by atoms with E-state index in [9.17, 15) is 0 Å². The summed E-state index contributed by atoms with van der Waals surface area (Å²) < 4.78 is 5.97. The molecular formula is C19H14N2OS. The maximum Gasteiger partial charge on any atom is 0.246 e. The van der Waals surface area contributed by atoms with E-state index in [0.29, 0.717) is 5.88 Å². The zero-order valence-electron chi connectivity index (χ0n) is 12.6. The molecule has 4 heteroatoms. The number of ether oxygens (including phenoxy) is 1. The first-order valence-corrected chi connectivity index (χ1v) is 8.23. The van der Waals surface area contributed by atoms with Gasteiger partial charge < -0.3 is 4.74 Å². The van der Waals surface area contributed by atoms with Crippen molar-refractivity contribution in [1.82, 2.24) is 10.2 Å². The third-order valence-electron chi connectivity index (χ3n) is 3.61. The van der Waals surface area contributed by atoms with Crippen molar-refractivity contribution in [3.63, 3.8) is 0 Å². The highest BCUT2D eigenvalue weighted by Gasteiger charge is 2.12. The van der Waals surface area contributed by atoms with Crippen molar-refractivity contribution >= 4 is 22.1 Å². The van der Waals surface area contributed by atoms with Crippen LogP contribution in [0.5, 0.6) is 11.6 Å². The number of thiophene rings is 1. The van der Waals surface area contributed by atoms with Crippen LogP contribution in [0.3, 0.4) is 0 Å². The van der Waals surface area contributed by atoms with Gasteiger partial charge in [-0.3, -0.25) is 0 Å². The molecule has 0 fully saturated rings. The molecule has 112 valence electrons. The summed E-state index contributed by atoms with van der Waals surface area (Å²) in [7, 11) is 0. The smallest absolute Gasteiger partial charge is 0.246 e. The molecule has 0 bridgehead atoms. The largest absolute Gasteiger partial charge is 0.437 e. The summed E-state index contributed by atoms with van der Waals surface area (Å²) >= 11 is 1.66. The van der Waals surface area contributed by atoms with Crippen LogP contribution in [0, 0.1) is 6.92 Å². The highest BCUT2D eigenvalue weighted by atomic mass is 32.1. The monoisotopic (exact) mass is 318 g/mol. The molecule has 2 aromatic carbocycles. The summed E-state index contributed by atoms with van der Waals surface area (Å²) in [5.41, 5.74) is 2.04. The SMILES string of the molecule is Cc1cccc(Oc2nnc(-c3cccs3)c3ccccc23)c1. The van der Waals surface area contributed by atoms with Crippen molar-refractivity contribution in [3.8, 4) is 22.2 Å². The molecule has 0 unspecified atom stereocenters. The summed E-state index contributed by atoms with van der Waals surface area (Å²) in [6.07, 6.45) is 0. The van der Waals surface area contributed by atoms with Gasteiger partial charge >= 0.3 is 0 Å². The number of rotatable bonds is 3. The molecule has 3 nitrogen and oxygen atoms in total. The molecule has 0 saturated carbocycles. The van der Waals surface area contributed by atoms with Crippen LogP contribution in [0.15, 0.2) is 66.0 Å². The second-order valence-corrected chi connectivity index (χ2v) is 6.24. The maximum atomic E-state index is 5.97. The Hall–Kier alpha value is -2.72. The lowest BCUT2D eigenvalue weighted by Crippen LogP contribution is -1.95. The van der Waals surface area contributed by atoms with Gasteiger partial charge in [0.1, 0.15) is 11.4 Å². The van der Waals surface area contributed by atoms with E-state index in [1.165, 1.54) is 0 Å². The van der Waals surface area contributed by atoms with E-state index in [1.807, 2.05) is 60.8 Å². The number of fused-ring (bicyclic) bond motifs is 1. The van der Waals surface area contributed by atoms with E-state index < -0.39 is 0 Å². The fourth-order valence-electron chi connectivity index (χ4n) is 2.54. The standard InChI is InChI=1S/C19H14N2OS/c1-13-6-4-7-14(12-13)22-19-16-9-3-2-8-15(16)18(20-21-19)17-10-5-11-23-17/h2-12H,1H3. The molecule has 0 N–H and O–H groups in total. The zero-order chi connectivity index (χ0) is 15.6. The fourth-order valence-corrected chi connectivity index (χ4v) is 3.26. The number of aromatic nitrogens is 2. The van der Waals surface area contributed by atoms with Crippen LogP contribution in [-0.4, -0.2) is 10.2 Å². The van der Waals surface area contributed by atoms with Crippen molar-refractivity contribution in [3.05, 3.63) is 71.6 Å². The van der Waals surface area contributed by atoms with E-state index in [-0.39, 0.29) is 0 Å². The number of hydrogen-bond donors (Lipinski definition) is 0. The van der Waals surface area contributed by atoms with Gasteiger partial charge in [0.2, 0.25) is 5.88 Å². The topological polar surface area (TPSA) is 35.0 Å². The first-order valence-electron chi connectivity index (χ1n) is 7.35. The van der Waals surface area contributed by atoms with Crippen molar-refractivity contribution in [2.24, 2.45) is 0 Å². The van der Waals surface area contributed by atoms with Gasteiger partial charge in [0.25, 0.3) is 0 Å². The number of benzene rings is 2. The first-order chi connectivity index (χ1) is 11.3. The van der Waals surface area contributed by atoms with Gasteiger partial charge in [-0.2, -0.15) is 0 Å². The Morgan fingerprint density at radius 3 is 2.52 bits per heavy atom. The Morgan fingerprint density at radius 1 is 0.870 bits per heavy atom. The van der Waals surface area contributed by atoms with Crippen LogP contribution in [0.1, 0.15) is 5.56 Å². The molecule has 23 heavy (non-hydrogen) atoms. The van der Waals surface area contributed by atoms with E-state index in [2.05, 4.69) is 22.3 Å². The molecule has 0 saturated heterocycles. The van der Waals surface area contributed by atoms with Crippen LogP contribution in [0.25, 0.3) is 21.3 Å². The van der Waals surface area contributed by atoms with Crippen LogP contribution in [0.2, 0.25) is 0 Å². The molecule has 2 heterocycles. The Bertz CT molecular complexity index is 964. The molecule has 2 aromatic heterocycles. The fraction of sp³-hybridized carbons (Fsp3) is 0.0526. The maximum absolute atomic E-state index is 5.97. The van der Waals surface area contributed by atoms with E-state index in [1.54, 1.807) is 11.3 Å². The summed E-state index contributed by atoms with van der Waals surface area (Å²) in [6, 6.07) is 20.1. The average molecular weight is 318 g/mol. The third kappa shape index (κ3) is 2.69. The van der Waals surface area contributed by atoms with Gasteiger partial charge in [-0.15, -0.1) is 21.5 Å². The predicted octanol–water partition coefficient (Wildman–Crippen LogP) is 5.46. The van der Waals surface area contributed by atoms with E-state index >= 15 is 0 Å². The van der Waals surface area contributed by atoms with Gasteiger partial charge in [0.15, 0.2) is 0 Å². The Kier molecular flexibility index (Phi) is 3.52. The first kappa shape index (κ1) is 13.9. The van der Waals surface area contributed by atoms with Crippen LogP contribution < -0.4 is 4.74 Å². The highest BCUT2D eigenvalue weighted by Crippen LogP contribution is 2.34. The summed E-state index contributed by atoms with van der Waals surface area (Å²) in [4.78, 5) is 1.11. The lowest BCUT2D eigenvalue weighted by Gasteiger charge is -2.09. The minimum atomic E-state index is 0.534.